The first-order chi connectivity index (χ1) is 17.8. The Kier molecular flexibility index (Phi) is 13.8. The van der Waals surface area contributed by atoms with Crippen molar-refractivity contribution in [2.75, 3.05) is 6.61 Å². The summed E-state index contributed by atoms with van der Waals surface area (Å²) < 4.78 is 5.04. The molecular weight excluding hydrogens is 496 g/mol. The highest BCUT2D eigenvalue weighted by molar-refractivity contribution is 5.94. The van der Waals surface area contributed by atoms with E-state index in [9.17, 15) is 34.2 Å². The molecule has 12 nitrogen and oxygen atoms in total. The molecule has 0 saturated heterocycles. The number of ether oxygens (including phenoxy) is 1. The topological polar surface area (TPSA) is 183 Å². The Hall–Kier alpha value is -3.67. The third-order valence-corrected chi connectivity index (χ3v) is 5.42. The Morgan fingerprint density at radius 2 is 1.26 bits per heavy atom. The number of hydrogen-bond acceptors (Lipinski definition) is 7. The summed E-state index contributed by atoms with van der Waals surface area (Å²) in [5.74, 6) is -3.33. The molecule has 0 aliphatic carbocycles. The second kappa shape index (κ2) is 16.2. The van der Waals surface area contributed by atoms with E-state index in [0.717, 1.165) is 5.56 Å². The van der Waals surface area contributed by atoms with Crippen LogP contribution in [0.1, 0.15) is 53.0 Å². The van der Waals surface area contributed by atoms with Gasteiger partial charge < -0.3 is 36.2 Å². The number of rotatable bonds is 15. The fourth-order valence-electron chi connectivity index (χ4n) is 3.45. The average Bonchev–Trinajstić information content (AvgIpc) is 2.84. The maximum absolute atomic E-state index is 12.8. The molecule has 0 radical (unpaired) electrons. The van der Waals surface area contributed by atoms with Crippen LogP contribution < -0.4 is 21.3 Å². The second-order valence-electron chi connectivity index (χ2n) is 9.89. The monoisotopic (exact) mass is 536 g/mol. The number of carbonyl (C=O) groups excluding carboxylic acids is 4. The molecule has 0 unspecified atom stereocenters. The lowest BCUT2D eigenvalue weighted by atomic mass is 10.0. The lowest BCUT2D eigenvalue weighted by Crippen LogP contribution is -2.57. The van der Waals surface area contributed by atoms with Gasteiger partial charge in [-0.3, -0.25) is 14.4 Å². The van der Waals surface area contributed by atoms with Gasteiger partial charge in [-0.25, -0.2) is 9.59 Å². The number of carboxylic acid groups (broad SMARTS) is 1. The quantitative estimate of drug-likeness (QED) is 0.191. The molecule has 212 valence electrons. The molecule has 0 spiro atoms. The molecule has 4 atom stereocenters. The van der Waals surface area contributed by atoms with Crippen LogP contribution in [-0.4, -0.2) is 70.8 Å². The van der Waals surface area contributed by atoms with Crippen LogP contribution in [0, 0.1) is 11.8 Å². The highest BCUT2D eigenvalue weighted by Crippen LogP contribution is 2.09. The van der Waals surface area contributed by atoms with E-state index in [1.165, 1.54) is 6.92 Å². The van der Waals surface area contributed by atoms with Gasteiger partial charge in [0.05, 0.1) is 6.61 Å². The maximum Gasteiger partial charge on any atom is 0.408 e. The molecule has 0 aliphatic rings. The zero-order valence-corrected chi connectivity index (χ0v) is 22.5. The lowest BCUT2D eigenvalue weighted by Gasteiger charge is -2.25. The Balaban J connectivity index is 2.72. The summed E-state index contributed by atoms with van der Waals surface area (Å²) >= 11 is 0. The number of carboxylic acids is 1. The van der Waals surface area contributed by atoms with E-state index in [2.05, 4.69) is 21.3 Å². The zero-order chi connectivity index (χ0) is 28.8. The Bertz CT molecular complexity index is 938. The molecule has 38 heavy (non-hydrogen) atoms. The Morgan fingerprint density at radius 3 is 1.79 bits per heavy atom. The van der Waals surface area contributed by atoms with Crippen molar-refractivity contribution in [2.24, 2.45) is 11.8 Å². The number of aliphatic hydroxyl groups is 1. The Morgan fingerprint density at radius 1 is 0.737 bits per heavy atom. The first-order valence-electron chi connectivity index (χ1n) is 12.6. The summed E-state index contributed by atoms with van der Waals surface area (Å²) in [6.45, 7) is 7.94. The summed E-state index contributed by atoms with van der Waals surface area (Å²) in [7, 11) is 0. The lowest BCUT2D eigenvalue weighted by molar-refractivity contribution is -0.143. The van der Waals surface area contributed by atoms with E-state index < -0.39 is 60.6 Å². The van der Waals surface area contributed by atoms with Crippen molar-refractivity contribution in [3.05, 3.63) is 35.9 Å². The minimum Gasteiger partial charge on any atom is -0.480 e. The molecule has 6 N–H and O–H groups in total. The number of hydrogen-bond donors (Lipinski definition) is 6. The minimum absolute atomic E-state index is 0.00538. The van der Waals surface area contributed by atoms with Crippen molar-refractivity contribution in [3.63, 3.8) is 0 Å². The number of amides is 4. The highest BCUT2D eigenvalue weighted by atomic mass is 16.5. The van der Waals surface area contributed by atoms with Gasteiger partial charge in [0.15, 0.2) is 0 Å². The third kappa shape index (κ3) is 12.0. The van der Waals surface area contributed by atoms with Crippen molar-refractivity contribution >= 4 is 29.8 Å². The number of aliphatic hydroxyl groups excluding tert-OH is 1. The summed E-state index contributed by atoms with van der Waals surface area (Å²) in [5.41, 5.74) is 0.733. The van der Waals surface area contributed by atoms with Crippen LogP contribution in [0.5, 0.6) is 0 Å². The second-order valence-corrected chi connectivity index (χ2v) is 9.89. The van der Waals surface area contributed by atoms with Crippen LogP contribution in [0.3, 0.4) is 0 Å². The van der Waals surface area contributed by atoms with Gasteiger partial charge in [0.2, 0.25) is 17.7 Å². The molecule has 0 aromatic heterocycles. The van der Waals surface area contributed by atoms with Gasteiger partial charge in [-0.15, -0.1) is 0 Å². The Labute approximate surface area is 222 Å². The first kappa shape index (κ1) is 32.4. The van der Waals surface area contributed by atoms with E-state index in [1.54, 1.807) is 24.3 Å². The van der Waals surface area contributed by atoms with Crippen LogP contribution in [-0.2, 0) is 30.5 Å². The van der Waals surface area contributed by atoms with Crippen LogP contribution in [0.15, 0.2) is 30.3 Å². The first-order valence-corrected chi connectivity index (χ1v) is 12.6. The number of benzene rings is 1. The molecule has 0 aliphatic heterocycles. The molecule has 1 aromatic carbocycles. The van der Waals surface area contributed by atoms with Gasteiger partial charge in [-0.2, -0.15) is 0 Å². The van der Waals surface area contributed by atoms with Crippen molar-refractivity contribution < 1.29 is 38.9 Å². The zero-order valence-electron chi connectivity index (χ0n) is 22.5. The van der Waals surface area contributed by atoms with Crippen LogP contribution in [0.25, 0.3) is 0 Å². The molecule has 0 bridgehead atoms. The molecular formula is C26H40N4O8. The maximum atomic E-state index is 12.8. The van der Waals surface area contributed by atoms with Crippen molar-refractivity contribution in [1.82, 2.24) is 21.3 Å². The predicted octanol–water partition coefficient (Wildman–Crippen LogP) is 0.925. The van der Waals surface area contributed by atoms with E-state index >= 15 is 0 Å². The van der Waals surface area contributed by atoms with Crippen molar-refractivity contribution in [1.29, 1.82) is 0 Å². The molecule has 12 heteroatoms. The number of carbonyl (C=O) groups is 5. The van der Waals surface area contributed by atoms with Crippen LogP contribution in [0.4, 0.5) is 4.79 Å². The van der Waals surface area contributed by atoms with Crippen LogP contribution >= 0.6 is 0 Å². The summed E-state index contributed by atoms with van der Waals surface area (Å²) in [6.07, 6.45) is -0.470. The predicted molar refractivity (Wildman–Crippen MR) is 139 cm³/mol. The van der Waals surface area contributed by atoms with E-state index in [1.807, 2.05) is 33.8 Å². The molecule has 0 saturated carbocycles. The van der Waals surface area contributed by atoms with Crippen molar-refractivity contribution in [2.45, 2.75) is 78.2 Å². The van der Waals surface area contributed by atoms with E-state index in [0.29, 0.717) is 0 Å². The summed E-state index contributed by atoms with van der Waals surface area (Å²) in [6, 6.07) is 4.22. The third-order valence-electron chi connectivity index (χ3n) is 5.42. The fraction of sp³-hybridized carbons (Fsp3) is 0.577. The fourth-order valence-corrected chi connectivity index (χ4v) is 3.45. The average molecular weight is 537 g/mol. The van der Waals surface area contributed by atoms with Gasteiger partial charge in [0, 0.05) is 0 Å². The highest BCUT2D eigenvalue weighted by Gasteiger charge is 2.30. The molecule has 4 amide bonds. The van der Waals surface area contributed by atoms with Crippen molar-refractivity contribution in [3.8, 4) is 0 Å². The minimum atomic E-state index is -1.38. The van der Waals surface area contributed by atoms with Gasteiger partial charge in [0.25, 0.3) is 0 Å². The van der Waals surface area contributed by atoms with E-state index in [4.69, 9.17) is 4.74 Å². The molecule has 0 fully saturated rings. The van der Waals surface area contributed by atoms with Gasteiger partial charge in [-0.1, -0.05) is 58.0 Å². The summed E-state index contributed by atoms with van der Waals surface area (Å²) in [4.78, 5) is 61.7. The standard InChI is InChI=1S/C26H40N4O8/c1-15(2)11-19(23(33)29-20(25(35)36)12-16(3)4)28-22(32)17(5)27-24(34)21(13-31)30-26(37)38-14-18-9-7-6-8-10-18/h6-10,15-17,19-21,31H,11-14H2,1-5H3,(H,27,34)(H,28,32)(H,29,33)(H,30,37)(H,35,36)/t17-,19-,20-,21-/m0/s1. The normalized spacial score (nSPS) is 14.1. The van der Waals surface area contributed by atoms with Gasteiger partial charge >= 0.3 is 12.1 Å². The molecule has 1 aromatic rings. The number of aliphatic carboxylic acids is 1. The van der Waals surface area contributed by atoms with Gasteiger partial charge in [-0.05, 0) is 37.2 Å². The van der Waals surface area contributed by atoms with E-state index in [-0.39, 0.29) is 31.3 Å². The van der Waals surface area contributed by atoms with Crippen LogP contribution in [0.2, 0.25) is 0 Å². The smallest absolute Gasteiger partial charge is 0.408 e. The molecule has 0 heterocycles. The number of alkyl carbamates (subject to hydrolysis) is 1. The molecule has 1 rings (SSSR count). The summed E-state index contributed by atoms with van der Waals surface area (Å²) in [5, 5.41) is 28.6. The SMILES string of the molecule is CC(C)C[C@H](NC(=O)[C@H](CC(C)C)NC(=O)[C@H](C)NC(=O)[C@H](CO)NC(=O)OCc1ccccc1)C(=O)O. The number of nitrogens with one attached hydrogen (secondary N) is 4. The van der Waals surface area contributed by atoms with Gasteiger partial charge in [0.1, 0.15) is 30.8 Å². The largest absolute Gasteiger partial charge is 0.480 e.